The third-order valence-electron chi connectivity index (χ3n) is 3.77. The summed E-state index contributed by atoms with van der Waals surface area (Å²) in [6.07, 6.45) is -0.107. The van der Waals surface area contributed by atoms with Crippen molar-refractivity contribution in [2.45, 2.75) is 23.2 Å². The maximum absolute atomic E-state index is 13.5. The van der Waals surface area contributed by atoms with Crippen molar-refractivity contribution < 1.29 is 35.5 Å². The number of hydrogen-bond donors (Lipinski definition) is 0. The molecule has 4 nitrogen and oxygen atoms in total. The number of hydrogen-bond acceptors (Lipinski definition) is 4. The van der Waals surface area contributed by atoms with Gasteiger partial charge in [-0.3, -0.25) is 4.79 Å². The lowest BCUT2D eigenvalue weighted by Crippen LogP contribution is -2.25. The van der Waals surface area contributed by atoms with Gasteiger partial charge in [-0.2, -0.15) is 13.2 Å². The predicted octanol–water partition coefficient (Wildman–Crippen LogP) is 4.80. The molecule has 0 atom stereocenters. The molecule has 1 aliphatic carbocycles. The van der Waals surface area contributed by atoms with Gasteiger partial charge in [-0.15, -0.1) is 0 Å². The number of ether oxygens (including phenoxy) is 1. The first-order valence-corrected chi connectivity index (χ1v) is 9.42. The van der Waals surface area contributed by atoms with E-state index >= 15 is 0 Å². The van der Waals surface area contributed by atoms with E-state index in [0.717, 1.165) is 12.1 Å². The van der Waals surface area contributed by atoms with Gasteiger partial charge in [0, 0.05) is 28.1 Å². The maximum atomic E-state index is 13.5. The molecule has 0 N–H and O–H groups in total. The van der Waals surface area contributed by atoms with Crippen molar-refractivity contribution in [3.05, 3.63) is 51.7 Å². The van der Waals surface area contributed by atoms with Gasteiger partial charge < -0.3 is 4.74 Å². The third kappa shape index (κ3) is 3.23. The fourth-order valence-corrected chi connectivity index (χ4v) is 4.13. The molecule has 3 rings (SSSR count). The number of ketones is 1. The van der Waals surface area contributed by atoms with Gasteiger partial charge in [0.25, 0.3) is 9.84 Å². The Labute approximate surface area is 153 Å². The summed E-state index contributed by atoms with van der Waals surface area (Å²) >= 11 is 3.08. The highest BCUT2D eigenvalue weighted by atomic mass is 79.9. The average Bonchev–Trinajstić information content (AvgIpc) is 2.88. The zero-order valence-corrected chi connectivity index (χ0v) is 15.1. The van der Waals surface area contributed by atoms with E-state index in [0.29, 0.717) is 10.5 Å². The van der Waals surface area contributed by atoms with E-state index in [-0.39, 0.29) is 29.9 Å². The molecule has 0 heterocycles. The largest absolute Gasteiger partial charge is 0.501 e. The number of fused-ring (bicyclic) bond motifs is 1. The van der Waals surface area contributed by atoms with Crippen molar-refractivity contribution in [2.75, 3.05) is 0 Å². The second kappa shape index (κ2) is 6.34. The first-order valence-electron chi connectivity index (χ1n) is 7.15. The minimum Gasteiger partial charge on any atom is -0.457 e. The summed E-state index contributed by atoms with van der Waals surface area (Å²) in [5.41, 5.74) is -5.99. The van der Waals surface area contributed by atoms with Gasteiger partial charge in [0.15, 0.2) is 5.78 Å². The number of benzene rings is 2. The lowest BCUT2D eigenvalue weighted by Gasteiger charge is -2.15. The number of halogens is 5. The highest BCUT2D eigenvalue weighted by Crippen LogP contribution is 2.41. The second-order valence-corrected chi connectivity index (χ2v) is 8.32. The molecule has 0 saturated heterocycles. The van der Waals surface area contributed by atoms with Gasteiger partial charge >= 0.3 is 5.51 Å². The van der Waals surface area contributed by atoms with Gasteiger partial charge in [0.2, 0.25) is 0 Å². The molecule has 0 aliphatic heterocycles. The number of Topliss-reactive ketones (excluding diaryl/α,β-unsaturated/α-hetero) is 1. The average molecular weight is 453 g/mol. The normalized spacial score (nSPS) is 14.4. The third-order valence-corrected chi connectivity index (χ3v) is 5.76. The predicted molar refractivity (Wildman–Crippen MR) is 86.5 cm³/mol. The molecule has 0 fully saturated rings. The molecule has 138 valence electrons. The molecule has 10 heteroatoms. The van der Waals surface area contributed by atoms with Gasteiger partial charge in [-0.1, -0.05) is 15.9 Å². The lowest BCUT2D eigenvalue weighted by atomic mass is 10.1. The molecular weight excluding hydrogens is 444 g/mol. The Balaban J connectivity index is 2.13. The molecule has 2 aromatic carbocycles. The van der Waals surface area contributed by atoms with Crippen molar-refractivity contribution >= 4 is 31.6 Å². The van der Waals surface area contributed by atoms with Crippen molar-refractivity contribution in [3.63, 3.8) is 0 Å². The minimum absolute atomic E-state index is 0.00414. The van der Waals surface area contributed by atoms with Gasteiger partial charge in [0.1, 0.15) is 17.3 Å². The Hall–Kier alpha value is -1.94. The van der Waals surface area contributed by atoms with E-state index in [4.69, 9.17) is 4.74 Å². The van der Waals surface area contributed by atoms with Crippen LogP contribution in [0.25, 0.3) is 0 Å². The molecule has 0 unspecified atom stereocenters. The summed E-state index contributed by atoms with van der Waals surface area (Å²) in [5, 5.41) is 0. The van der Waals surface area contributed by atoms with E-state index in [1.165, 1.54) is 12.1 Å². The van der Waals surface area contributed by atoms with Crippen LogP contribution < -0.4 is 4.74 Å². The highest BCUT2D eigenvalue weighted by Gasteiger charge is 2.49. The van der Waals surface area contributed by atoms with Gasteiger partial charge in [-0.05, 0) is 30.7 Å². The molecule has 2 aromatic rings. The van der Waals surface area contributed by atoms with Crippen LogP contribution in [0.15, 0.2) is 39.7 Å². The van der Waals surface area contributed by atoms with Crippen LogP contribution in [-0.2, 0) is 16.3 Å². The smallest absolute Gasteiger partial charge is 0.457 e. The summed E-state index contributed by atoms with van der Waals surface area (Å²) < 4.78 is 81.4. The second-order valence-electron chi connectivity index (χ2n) is 5.49. The summed E-state index contributed by atoms with van der Waals surface area (Å²) in [5.74, 6) is -1.28. The van der Waals surface area contributed by atoms with Crippen LogP contribution in [0.2, 0.25) is 0 Å². The van der Waals surface area contributed by atoms with E-state index in [1.54, 1.807) is 0 Å². The number of carbonyl (C=O) groups is 1. The molecule has 0 radical (unpaired) electrons. The topological polar surface area (TPSA) is 60.4 Å². The van der Waals surface area contributed by atoms with Crippen molar-refractivity contribution in [1.82, 2.24) is 0 Å². The van der Waals surface area contributed by atoms with Crippen LogP contribution in [0.5, 0.6) is 11.5 Å². The lowest BCUT2D eigenvalue weighted by molar-refractivity contribution is -0.0436. The number of sulfone groups is 1. The number of rotatable bonds is 3. The number of carbonyl (C=O) groups excluding carboxylic acids is 1. The molecule has 26 heavy (non-hydrogen) atoms. The highest BCUT2D eigenvalue weighted by molar-refractivity contribution is 9.10. The molecule has 0 bridgehead atoms. The first kappa shape index (κ1) is 18.8. The van der Waals surface area contributed by atoms with Crippen LogP contribution in [0.3, 0.4) is 0 Å². The van der Waals surface area contributed by atoms with Crippen molar-refractivity contribution in [1.29, 1.82) is 0 Å². The fourth-order valence-electron chi connectivity index (χ4n) is 2.68. The van der Waals surface area contributed by atoms with Crippen molar-refractivity contribution in [2.24, 2.45) is 0 Å². The Morgan fingerprint density at radius 2 is 1.77 bits per heavy atom. The van der Waals surface area contributed by atoms with Crippen LogP contribution >= 0.6 is 15.9 Å². The molecule has 0 amide bonds. The molecule has 0 saturated carbocycles. The van der Waals surface area contributed by atoms with Gasteiger partial charge in [-0.25, -0.2) is 12.8 Å². The van der Waals surface area contributed by atoms with Crippen LogP contribution in [0, 0.1) is 5.82 Å². The molecule has 0 aromatic heterocycles. The zero-order chi connectivity index (χ0) is 19.3. The fraction of sp³-hybridized carbons (Fsp3) is 0.188. The Bertz CT molecular complexity index is 995. The monoisotopic (exact) mass is 452 g/mol. The van der Waals surface area contributed by atoms with Gasteiger partial charge in [0.05, 0.1) is 4.90 Å². The van der Waals surface area contributed by atoms with E-state index in [9.17, 15) is 30.8 Å². The Kier molecular flexibility index (Phi) is 4.60. The van der Waals surface area contributed by atoms with E-state index < -0.39 is 37.4 Å². The summed E-state index contributed by atoms with van der Waals surface area (Å²) in [4.78, 5) is 10.9. The van der Waals surface area contributed by atoms with Crippen LogP contribution in [0.4, 0.5) is 17.6 Å². The standard InChI is InChI=1S/C16H9BrF4O4S/c17-8-5-9(18)7-10(6-8)25-13-3-4-14(26(23,24)16(19,20)21)15-11(13)1-2-12(15)22/h3-7H,1-2H2. The molecule has 0 spiro atoms. The first-order chi connectivity index (χ1) is 12.0. The van der Waals surface area contributed by atoms with E-state index in [1.807, 2.05) is 0 Å². The summed E-state index contributed by atoms with van der Waals surface area (Å²) in [6.45, 7) is 0. The summed E-state index contributed by atoms with van der Waals surface area (Å²) in [7, 11) is -5.68. The number of alkyl halides is 3. The quantitative estimate of drug-likeness (QED) is 0.627. The minimum atomic E-state index is -5.68. The van der Waals surface area contributed by atoms with Crippen LogP contribution in [0.1, 0.15) is 22.3 Å². The summed E-state index contributed by atoms with van der Waals surface area (Å²) in [6, 6.07) is 5.38. The zero-order valence-electron chi connectivity index (χ0n) is 12.7. The van der Waals surface area contributed by atoms with Crippen molar-refractivity contribution in [3.8, 4) is 11.5 Å². The maximum Gasteiger partial charge on any atom is 0.501 e. The molecular formula is C16H9BrF4O4S. The van der Waals surface area contributed by atoms with E-state index in [2.05, 4.69) is 15.9 Å². The Morgan fingerprint density at radius 3 is 2.38 bits per heavy atom. The SMILES string of the molecule is O=C1CCc2c(Oc3cc(F)cc(Br)c3)ccc(S(=O)(=O)C(F)(F)F)c21. The Morgan fingerprint density at radius 1 is 1.08 bits per heavy atom. The van der Waals surface area contributed by atoms with Crippen LogP contribution in [-0.4, -0.2) is 19.7 Å². The molecule has 1 aliphatic rings.